The number of aliphatic carboxylic acids is 1. The molecule has 0 aromatic heterocycles. The third-order valence-corrected chi connectivity index (χ3v) is 3.93. The number of carboxylic acid groups (broad SMARTS) is 1. The Balaban J connectivity index is 2.48. The van der Waals surface area contributed by atoms with Gasteiger partial charge < -0.3 is 20.0 Å². The standard InChI is InChI=1S/C13H23NO4S/c1-13(2,3)18-12(17)14-10(11(15)16)8-9-4-6-19-7-5-9/h9-10H,4-8H2,1-3H3,(H,14,17)(H,15,16)/p-1/t10-/m0/s1. The van der Waals surface area contributed by atoms with Crippen molar-refractivity contribution in [3.8, 4) is 0 Å². The van der Waals surface area contributed by atoms with Gasteiger partial charge in [0.15, 0.2) is 0 Å². The van der Waals surface area contributed by atoms with Gasteiger partial charge in [0.05, 0.1) is 12.0 Å². The first kappa shape index (κ1) is 16.1. The highest BCUT2D eigenvalue weighted by Crippen LogP contribution is 2.26. The van der Waals surface area contributed by atoms with Crippen LogP contribution < -0.4 is 10.4 Å². The topological polar surface area (TPSA) is 78.5 Å². The Bertz CT molecular complexity index is 321. The van der Waals surface area contributed by atoms with Gasteiger partial charge in [-0.05, 0) is 57.5 Å². The van der Waals surface area contributed by atoms with Crippen molar-refractivity contribution in [2.45, 2.75) is 51.7 Å². The van der Waals surface area contributed by atoms with Crippen molar-refractivity contribution in [1.29, 1.82) is 0 Å². The number of amides is 1. The van der Waals surface area contributed by atoms with E-state index in [1.807, 2.05) is 11.8 Å². The third kappa shape index (κ3) is 6.71. The minimum absolute atomic E-state index is 0.332. The average Bonchev–Trinajstić information content (AvgIpc) is 2.26. The zero-order chi connectivity index (χ0) is 14.5. The fourth-order valence-electron chi connectivity index (χ4n) is 1.98. The van der Waals surface area contributed by atoms with E-state index in [-0.39, 0.29) is 0 Å². The van der Waals surface area contributed by atoms with Crippen LogP contribution in [0.3, 0.4) is 0 Å². The van der Waals surface area contributed by atoms with E-state index in [0.717, 1.165) is 24.3 Å². The van der Waals surface area contributed by atoms with E-state index in [1.54, 1.807) is 20.8 Å². The number of rotatable bonds is 4. The van der Waals surface area contributed by atoms with E-state index in [9.17, 15) is 14.7 Å². The molecule has 0 bridgehead atoms. The van der Waals surface area contributed by atoms with E-state index < -0.39 is 23.7 Å². The molecule has 0 aromatic rings. The van der Waals surface area contributed by atoms with Crippen LogP contribution in [0.5, 0.6) is 0 Å². The van der Waals surface area contributed by atoms with Crippen molar-refractivity contribution < 1.29 is 19.4 Å². The van der Waals surface area contributed by atoms with Crippen LogP contribution in [0.1, 0.15) is 40.0 Å². The van der Waals surface area contributed by atoms with Gasteiger partial charge >= 0.3 is 6.09 Å². The number of carboxylic acids is 1. The molecule has 1 saturated heterocycles. The summed E-state index contributed by atoms with van der Waals surface area (Å²) in [6, 6.07) is -0.969. The highest BCUT2D eigenvalue weighted by Gasteiger charge is 2.24. The second kappa shape index (κ2) is 7.03. The summed E-state index contributed by atoms with van der Waals surface area (Å²) in [5, 5.41) is 13.5. The van der Waals surface area contributed by atoms with Crippen LogP contribution in [-0.2, 0) is 9.53 Å². The highest BCUT2D eigenvalue weighted by atomic mass is 32.2. The molecule has 0 radical (unpaired) electrons. The van der Waals surface area contributed by atoms with Gasteiger partial charge in [-0.15, -0.1) is 0 Å². The van der Waals surface area contributed by atoms with Gasteiger partial charge in [-0.3, -0.25) is 0 Å². The SMILES string of the molecule is CC(C)(C)OC(=O)N[C@@H](CC1CCSCC1)C(=O)[O-]. The molecule has 19 heavy (non-hydrogen) atoms. The number of hydrogen-bond donors (Lipinski definition) is 1. The summed E-state index contributed by atoms with van der Waals surface area (Å²) in [7, 11) is 0. The third-order valence-electron chi connectivity index (χ3n) is 2.89. The molecular formula is C13H22NO4S-. The molecule has 1 aliphatic rings. The maximum Gasteiger partial charge on any atom is 0.408 e. The van der Waals surface area contributed by atoms with E-state index >= 15 is 0 Å². The second-order valence-electron chi connectivity index (χ2n) is 5.81. The molecule has 1 atom stereocenters. The van der Waals surface area contributed by atoms with Crippen LogP contribution in [0.15, 0.2) is 0 Å². The summed E-state index contributed by atoms with van der Waals surface area (Å²) in [5.74, 6) is 1.19. The molecule has 6 heteroatoms. The predicted molar refractivity (Wildman–Crippen MR) is 72.8 cm³/mol. The number of carbonyl (C=O) groups is 2. The average molecular weight is 288 g/mol. The smallest absolute Gasteiger partial charge is 0.408 e. The Morgan fingerprint density at radius 2 is 1.95 bits per heavy atom. The quantitative estimate of drug-likeness (QED) is 0.840. The lowest BCUT2D eigenvalue weighted by Gasteiger charge is -2.28. The Morgan fingerprint density at radius 1 is 1.37 bits per heavy atom. The van der Waals surface area contributed by atoms with Gasteiger partial charge in [-0.2, -0.15) is 11.8 Å². The Hall–Kier alpha value is -0.910. The van der Waals surface area contributed by atoms with E-state index in [2.05, 4.69) is 5.32 Å². The largest absolute Gasteiger partial charge is 0.548 e. The molecule has 1 rings (SSSR count). The van der Waals surface area contributed by atoms with Crippen molar-refractivity contribution >= 4 is 23.8 Å². The minimum Gasteiger partial charge on any atom is -0.548 e. The Kier molecular flexibility index (Phi) is 5.97. The number of ether oxygens (including phenoxy) is 1. The molecule has 0 spiro atoms. The van der Waals surface area contributed by atoms with Crippen molar-refractivity contribution in [3.05, 3.63) is 0 Å². The molecule has 5 nitrogen and oxygen atoms in total. The first-order chi connectivity index (χ1) is 8.78. The summed E-state index contributed by atoms with van der Waals surface area (Å²) < 4.78 is 5.06. The van der Waals surface area contributed by atoms with Crippen LogP contribution >= 0.6 is 11.8 Å². The van der Waals surface area contributed by atoms with E-state index in [1.165, 1.54) is 0 Å². The molecule has 1 aliphatic heterocycles. The van der Waals surface area contributed by atoms with E-state index in [4.69, 9.17) is 4.74 Å². The lowest BCUT2D eigenvalue weighted by atomic mass is 9.94. The molecule has 0 aromatic carbocycles. The number of alkyl carbamates (subject to hydrolysis) is 1. The summed E-state index contributed by atoms with van der Waals surface area (Å²) in [5.41, 5.74) is -0.637. The van der Waals surface area contributed by atoms with E-state index in [0.29, 0.717) is 12.3 Å². The molecule has 0 saturated carbocycles. The molecule has 1 amide bonds. The van der Waals surface area contributed by atoms with Gasteiger partial charge in [0.25, 0.3) is 0 Å². The minimum atomic E-state index is -1.25. The summed E-state index contributed by atoms with van der Waals surface area (Å²) in [6.45, 7) is 5.21. The molecule has 1 N–H and O–H groups in total. The van der Waals surface area contributed by atoms with Crippen LogP contribution in [0.2, 0.25) is 0 Å². The molecule has 0 unspecified atom stereocenters. The van der Waals surface area contributed by atoms with Crippen molar-refractivity contribution in [2.75, 3.05) is 11.5 Å². The molecule has 1 fully saturated rings. The van der Waals surface area contributed by atoms with Gasteiger partial charge in [0, 0.05) is 0 Å². The number of carbonyl (C=O) groups excluding carboxylic acids is 2. The lowest BCUT2D eigenvalue weighted by Crippen LogP contribution is -2.50. The second-order valence-corrected chi connectivity index (χ2v) is 7.03. The zero-order valence-electron chi connectivity index (χ0n) is 11.7. The summed E-state index contributed by atoms with van der Waals surface area (Å²) >= 11 is 1.88. The zero-order valence-corrected chi connectivity index (χ0v) is 12.5. The molecule has 110 valence electrons. The van der Waals surface area contributed by atoms with Crippen molar-refractivity contribution in [1.82, 2.24) is 5.32 Å². The van der Waals surface area contributed by atoms with Crippen LogP contribution in [0.4, 0.5) is 4.79 Å². The van der Waals surface area contributed by atoms with Gasteiger partial charge in [-0.1, -0.05) is 0 Å². The van der Waals surface area contributed by atoms with Crippen molar-refractivity contribution in [2.24, 2.45) is 5.92 Å². The van der Waals surface area contributed by atoms with Crippen molar-refractivity contribution in [3.63, 3.8) is 0 Å². The summed E-state index contributed by atoms with van der Waals surface area (Å²) in [4.78, 5) is 22.7. The maximum absolute atomic E-state index is 11.6. The summed E-state index contributed by atoms with van der Waals surface area (Å²) in [6.07, 6.45) is 1.70. The molecule has 1 heterocycles. The molecular weight excluding hydrogens is 266 g/mol. The fraction of sp³-hybridized carbons (Fsp3) is 0.846. The van der Waals surface area contributed by atoms with Crippen LogP contribution in [0, 0.1) is 5.92 Å². The number of hydrogen-bond acceptors (Lipinski definition) is 5. The van der Waals surface area contributed by atoms with Crippen LogP contribution in [-0.4, -0.2) is 35.2 Å². The van der Waals surface area contributed by atoms with Gasteiger partial charge in [-0.25, -0.2) is 4.79 Å². The monoisotopic (exact) mass is 288 g/mol. The Morgan fingerprint density at radius 3 is 2.42 bits per heavy atom. The normalized spacial score (nSPS) is 18.7. The van der Waals surface area contributed by atoms with Gasteiger partial charge in [0.1, 0.15) is 5.60 Å². The fourth-order valence-corrected chi connectivity index (χ4v) is 3.18. The lowest BCUT2D eigenvalue weighted by molar-refractivity contribution is -0.308. The first-order valence-corrected chi connectivity index (χ1v) is 7.71. The van der Waals surface area contributed by atoms with Crippen LogP contribution in [0.25, 0.3) is 0 Å². The number of thioether (sulfide) groups is 1. The van der Waals surface area contributed by atoms with Gasteiger partial charge in [0.2, 0.25) is 0 Å². The first-order valence-electron chi connectivity index (χ1n) is 6.56. The maximum atomic E-state index is 11.6. The highest BCUT2D eigenvalue weighted by molar-refractivity contribution is 7.99. The Labute approximate surface area is 118 Å². The number of nitrogens with one attached hydrogen (secondary N) is 1. The molecule has 0 aliphatic carbocycles. The predicted octanol–water partition coefficient (Wildman–Crippen LogP) is 1.16.